The molecule has 0 radical (unpaired) electrons. The van der Waals surface area contributed by atoms with Crippen molar-refractivity contribution in [3.05, 3.63) is 205 Å². The molecule has 3 aromatic heterocycles. The van der Waals surface area contributed by atoms with E-state index in [-0.39, 0.29) is 0 Å². The Bertz CT molecular complexity index is 2730. The third-order valence-corrected chi connectivity index (χ3v) is 10.5. The molecule has 0 atom stereocenters. The van der Waals surface area contributed by atoms with Crippen LogP contribution in [0.25, 0.3) is 78.7 Å². The van der Waals surface area contributed by atoms with Crippen molar-refractivity contribution in [3.63, 3.8) is 0 Å². The van der Waals surface area contributed by atoms with Gasteiger partial charge in [0, 0.05) is 51.6 Å². The monoisotopic (exact) mass is 704 g/mol. The number of fused-ring (bicyclic) bond motifs is 8. The third-order valence-electron chi connectivity index (χ3n) is 10.5. The minimum absolute atomic E-state index is 0.665. The summed E-state index contributed by atoms with van der Waals surface area (Å²) in [6, 6.07) is 64.4. The summed E-state index contributed by atoms with van der Waals surface area (Å²) in [6.07, 6.45) is 6.37. The van der Waals surface area contributed by atoms with Crippen LogP contribution in [0.3, 0.4) is 0 Å². The van der Waals surface area contributed by atoms with Crippen LogP contribution in [0.15, 0.2) is 187 Å². The Morgan fingerprint density at radius 3 is 1.47 bits per heavy atom. The molecule has 0 unspecified atom stereocenters. The van der Waals surface area contributed by atoms with Crippen LogP contribution in [0.1, 0.15) is 22.5 Å². The molecule has 0 saturated carbocycles. The molecule has 5 heterocycles. The number of hydrogen-bond donors (Lipinski definition) is 1. The number of nitrogens with zero attached hydrogens (tertiary/aromatic N) is 3. The van der Waals surface area contributed by atoms with Crippen LogP contribution >= 0.6 is 0 Å². The molecule has 2 aliphatic heterocycles. The van der Waals surface area contributed by atoms with E-state index in [4.69, 9.17) is 9.98 Å². The maximum Gasteiger partial charge on any atom is 0.0737 e. The van der Waals surface area contributed by atoms with Crippen LogP contribution in [-0.2, 0) is 6.54 Å². The van der Waals surface area contributed by atoms with Crippen molar-refractivity contribution in [2.24, 2.45) is 4.99 Å². The first kappa shape index (κ1) is 32.4. The Morgan fingerprint density at radius 1 is 0.436 bits per heavy atom. The van der Waals surface area contributed by atoms with Crippen molar-refractivity contribution >= 4 is 46.1 Å². The highest BCUT2D eigenvalue weighted by Crippen LogP contribution is 2.41. The minimum atomic E-state index is 0.665. The van der Waals surface area contributed by atoms with E-state index in [9.17, 15) is 0 Å². The molecule has 0 amide bonds. The highest BCUT2D eigenvalue weighted by molar-refractivity contribution is 6.05. The van der Waals surface area contributed by atoms with Gasteiger partial charge in [-0.15, -0.1) is 0 Å². The fourth-order valence-corrected chi connectivity index (χ4v) is 7.99. The lowest BCUT2D eigenvalue weighted by molar-refractivity contribution is 0.868. The SMILES string of the molecule is C1=Cc2nc1c(-c1ccccc1)c1ccc([nH]1)c(-c1ccccc1)c1cc(c(-c3ccccc3)c3ccc(c2-c2ccccc2)n3Cc2ccccc2)N=C1. The molecule has 2 aliphatic rings. The van der Waals surface area contributed by atoms with Gasteiger partial charge >= 0.3 is 0 Å². The molecule has 4 heteroatoms. The van der Waals surface area contributed by atoms with E-state index < -0.39 is 0 Å². The number of rotatable bonds is 6. The summed E-state index contributed by atoms with van der Waals surface area (Å²) in [6.45, 7) is 0.665. The van der Waals surface area contributed by atoms with Crippen LogP contribution in [0, 0.1) is 0 Å². The zero-order valence-electron chi connectivity index (χ0n) is 30.1. The van der Waals surface area contributed by atoms with E-state index in [1.54, 1.807) is 0 Å². The average Bonchev–Trinajstić information content (AvgIpc) is 4.08. The molecule has 1 N–H and O–H groups in total. The smallest absolute Gasteiger partial charge is 0.0737 e. The van der Waals surface area contributed by atoms with Gasteiger partial charge in [-0.2, -0.15) is 0 Å². The summed E-state index contributed by atoms with van der Waals surface area (Å²) < 4.78 is 2.45. The van der Waals surface area contributed by atoms with Gasteiger partial charge in [0.2, 0.25) is 0 Å². The predicted octanol–water partition coefficient (Wildman–Crippen LogP) is 13.0. The summed E-state index contributed by atoms with van der Waals surface area (Å²) in [7, 11) is 0. The molecule has 4 nitrogen and oxygen atoms in total. The highest BCUT2D eigenvalue weighted by atomic mass is 15.0. The third kappa shape index (κ3) is 6.00. The average molecular weight is 705 g/mol. The molecule has 8 aromatic rings. The second-order valence-corrected chi connectivity index (χ2v) is 13.9. The topological polar surface area (TPSA) is 46.0 Å². The van der Waals surface area contributed by atoms with E-state index >= 15 is 0 Å². The molecule has 0 saturated heterocycles. The molecule has 8 bridgehead atoms. The minimum Gasteiger partial charge on any atom is -0.354 e. The largest absolute Gasteiger partial charge is 0.354 e. The van der Waals surface area contributed by atoms with Gasteiger partial charge in [0.05, 0.1) is 28.1 Å². The molecule has 0 aliphatic carbocycles. The Balaban J connectivity index is 1.44. The number of benzene rings is 5. The summed E-state index contributed by atoms with van der Waals surface area (Å²) in [5.41, 5.74) is 17.9. The molecule has 0 fully saturated rings. The van der Waals surface area contributed by atoms with Gasteiger partial charge in [-0.25, -0.2) is 4.98 Å². The molecule has 0 spiro atoms. The Hall–Kier alpha value is -7.30. The number of aromatic nitrogens is 3. The van der Waals surface area contributed by atoms with E-state index in [1.165, 1.54) is 5.56 Å². The summed E-state index contributed by atoms with van der Waals surface area (Å²) in [5.74, 6) is 0. The number of H-pyrrole nitrogens is 1. The normalized spacial score (nSPS) is 11.9. The van der Waals surface area contributed by atoms with Gasteiger partial charge in [-0.3, -0.25) is 4.99 Å². The fourth-order valence-electron chi connectivity index (χ4n) is 7.99. The molecular formula is C51H36N4. The Morgan fingerprint density at radius 2 is 0.891 bits per heavy atom. The van der Waals surface area contributed by atoms with Gasteiger partial charge in [0.1, 0.15) is 0 Å². The van der Waals surface area contributed by atoms with E-state index in [0.29, 0.717) is 6.54 Å². The zero-order valence-corrected chi connectivity index (χ0v) is 30.1. The second kappa shape index (κ2) is 13.9. The van der Waals surface area contributed by atoms with E-state index in [2.05, 4.69) is 204 Å². The van der Waals surface area contributed by atoms with Gasteiger partial charge in [0.25, 0.3) is 0 Å². The Kier molecular flexibility index (Phi) is 8.19. The van der Waals surface area contributed by atoms with Crippen molar-refractivity contribution in [1.29, 1.82) is 0 Å². The summed E-state index contributed by atoms with van der Waals surface area (Å²) in [5, 5.41) is 0. The van der Waals surface area contributed by atoms with Crippen molar-refractivity contribution in [2.75, 3.05) is 0 Å². The van der Waals surface area contributed by atoms with Crippen LogP contribution in [0.4, 0.5) is 5.69 Å². The van der Waals surface area contributed by atoms with Crippen LogP contribution in [0.2, 0.25) is 0 Å². The van der Waals surface area contributed by atoms with Crippen LogP contribution in [-0.4, -0.2) is 20.7 Å². The summed E-state index contributed by atoms with van der Waals surface area (Å²) in [4.78, 5) is 14.6. The first-order valence-corrected chi connectivity index (χ1v) is 18.7. The van der Waals surface area contributed by atoms with Crippen LogP contribution < -0.4 is 0 Å². The van der Waals surface area contributed by atoms with Gasteiger partial charge < -0.3 is 9.55 Å². The zero-order chi connectivity index (χ0) is 36.6. The summed E-state index contributed by atoms with van der Waals surface area (Å²) >= 11 is 0. The second-order valence-electron chi connectivity index (χ2n) is 13.9. The van der Waals surface area contributed by atoms with Gasteiger partial charge in [-0.05, 0) is 70.3 Å². The van der Waals surface area contributed by atoms with Crippen LogP contribution in [0.5, 0.6) is 0 Å². The molecular weight excluding hydrogens is 669 g/mol. The standard InChI is InChI=1S/C51H36N4/c1-6-16-35(17-7-1)34-55-46-30-31-47(55)51(39-24-14-5-15-25-39)45-32-40(33-52-45)48(36-18-8-2-9-19-36)41-26-27-42(53-41)49(37-20-10-3-11-21-37)43-28-29-44(54-43)50(46)38-22-12-4-13-23-38/h1-33,53H,34H2. The van der Waals surface area contributed by atoms with Crippen molar-refractivity contribution in [1.82, 2.24) is 14.5 Å². The maximum absolute atomic E-state index is 5.50. The highest BCUT2D eigenvalue weighted by Gasteiger charge is 2.20. The van der Waals surface area contributed by atoms with Gasteiger partial charge in [-0.1, -0.05) is 152 Å². The molecule has 260 valence electrons. The van der Waals surface area contributed by atoms with Gasteiger partial charge in [0.15, 0.2) is 0 Å². The quantitative estimate of drug-likeness (QED) is 0.184. The lowest BCUT2D eigenvalue weighted by atomic mass is 10.0. The first-order chi connectivity index (χ1) is 27.3. The van der Waals surface area contributed by atoms with E-state index in [0.717, 1.165) is 89.2 Å². The van der Waals surface area contributed by atoms with E-state index in [1.807, 2.05) is 6.21 Å². The molecule has 5 aromatic carbocycles. The number of aliphatic imine (C=N–C) groups is 1. The first-order valence-electron chi connectivity index (χ1n) is 18.7. The Labute approximate surface area is 320 Å². The van der Waals surface area contributed by atoms with Crippen molar-refractivity contribution < 1.29 is 0 Å². The fraction of sp³-hybridized carbons (Fsp3) is 0.0196. The van der Waals surface area contributed by atoms with Crippen molar-refractivity contribution in [3.8, 4) is 44.5 Å². The predicted molar refractivity (Wildman–Crippen MR) is 230 cm³/mol. The maximum atomic E-state index is 5.50. The molecule has 55 heavy (non-hydrogen) atoms. The number of hydrogen-bond acceptors (Lipinski definition) is 2. The molecule has 10 rings (SSSR count). The lowest BCUT2D eigenvalue weighted by Gasteiger charge is -2.14. The number of nitrogens with one attached hydrogen (secondary N) is 1. The number of aromatic amines is 1. The van der Waals surface area contributed by atoms with Crippen molar-refractivity contribution in [2.45, 2.75) is 6.54 Å². The lowest BCUT2D eigenvalue weighted by Crippen LogP contribution is -2.01.